The van der Waals surface area contributed by atoms with Crippen LogP contribution in [0.15, 0.2) is 0 Å². The van der Waals surface area contributed by atoms with Crippen LogP contribution in [0.3, 0.4) is 0 Å². The van der Waals surface area contributed by atoms with Crippen molar-refractivity contribution in [3.8, 4) is 0 Å². The van der Waals surface area contributed by atoms with Gasteiger partial charge in [-0.3, -0.25) is 13.9 Å². The van der Waals surface area contributed by atoms with Gasteiger partial charge in [0.15, 0.2) is 6.29 Å². The first-order valence-corrected chi connectivity index (χ1v) is 11.7. The molecule has 0 aromatic carbocycles. The lowest BCUT2D eigenvalue weighted by Gasteiger charge is -2.24. The Balaban J connectivity index is 2.57. The molecule has 1 amide bonds. The Kier molecular flexibility index (Phi) is 11.6. The number of carbonyl (C=O) groups is 3. The van der Waals surface area contributed by atoms with E-state index in [2.05, 4.69) is 0 Å². The highest BCUT2D eigenvalue weighted by atomic mass is 31.1. The molecule has 1 rings (SSSR count). The van der Waals surface area contributed by atoms with Crippen LogP contribution in [0.2, 0.25) is 0 Å². The fourth-order valence-electron chi connectivity index (χ4n) is 3.06. The van der Waals surface area contributed by atoms with Gasteiger partial charge in [0.1, 0.15) is 18.5 Å². The number of unbranched alkanes of at least 4 members (excludes halogenated alkanes) is 3. The van der Waals surface area contributed by atoms with E-state index >= 15 is 0 Å². The molecular formula is C19H35N2O7P. The third-order valence-corrected chi connectivity index (χ3v) is 5.89. The standard InChI is InChI=1S/C19H35N2O7P/c1-19(2,13-22)14-27-17(9-5-3-4-6-10-20)28-29(26)12-16(23)21-11-7-8-15(21)18(24)25/h13,15,17,29H,3-12,14,20H2,1-2H3,(H,24,25)/t15-,17?/m0/s1. The van der Waals surface area contributed by atoms with E-state index in [-0.39, 0.29) is 12.8 Å². The van der Waals surface area contributed by atoms with Gasteiger partial charge in [-0.15, -0.1) is 0 Å². The van der Waals surface area contributed by atoms with Crippen LogP contribution in [0.5, 0.6) is 0 Å². The molecule has 2 unspecified atom stereocenters. The van der Waals surface area contributed by atoms with Gasteiger partial charge in [0.2, 0.25) is 13.9 Å². The third kappa shape index (κ3) is 9.85. The Morgan fingerprint density at radius 1 is 1.31 bits per heavy atom. The van der Waals surface area contributed by atoms with Gasteiger partial charge >= 0.3 is 5.97 Å². The van der Waals surface area contributed by atoms with E-state index in [1.54, 1.807) is 13.8 Å². The number of carbonyl (C=O) groups excluding carboxylic acids is 2. The molecule has 0 aliphatic carbocycles. The van der Waals surface area contributed by atoms with Crippen LogP contribution >= 0.6 is 8.03 Å². The van der Waals surface area contributed by atoms with Crippen LogP contribution in [0.1, 0.15) is 58.8 Å². The fraction of sp³-hybridized carbons (Fsp3) is 0.842. The van der Waals surface area contributed by atoms with Crippen LogP contribution in [0.25, 0.3) is 0 Å². The second kappa shape index (κ2) is 13.1. The van der Waals surface area contributed by atoms with Gasteiger partial charge in [-0.1, -0.05) is 26.7 Å². The minimum absolute atomic E-state index is 0.111. The van der Waals surface area contributed by atoms with Crippen LogP contribution in [0.4, 0.5) is 0 Å². The lowest BCUT2D eigenvalue weighted by molar-refractivity contribution is -0.147. The summed E-state index contributed by atoms with van der Waals surface area (Å²) in [6.07, 6.45) is 4.77. The van der Waals surface area contributed by atoms with Crippen LogP contribution in [-0.2, 0) is 28.2 Å². The minimum atomic E-state index is -2.76. The predicted molar refractivity (Wildman–Crippen MR) is 109 cm³/mol. The number of ether oxygens (including phenoxy) is 1. The van der Waals surface area contributed by atoms with E-state index < -0.39 is 37.7 Å². The van der Waals surface area contributed by atoms with Crippen LogP contribution in [0, 0.1) is 5.41 Å². The number of rotatable bonds is 15. The summed E-state index contributed by atoms with van der Waals surface area (Å²) < 4.78 is 23.6. The molecule has 1 aliphatic heterocycles. The summed E-state index contributed by atoms with van der Waals surface area (Å²) in [7, 11) is -2.76. The molecule has 1 heterocycles. The van der Waals surface area contributed by atoms with Gasteiger partial charge in [-0.05, 0) is 38.6 Å². The molecule has 9 nitrogen and oxygen atoms in total. The summed E-state index contributed by atoms with van der Waals surface area (Å²) >= 11 is 0. The highest BCUT2D eigenvalue weighted by Gasteiger charge is 2.34. The molecule has 1 fully saturated rings. The minimum Gasteiger partial charge on any atom is -0.480 e. The molecule has 3 N–H and O–H groups in total. The molecule has 0 radical (unpaired) electrons. The molecule has 1 aliphatic rings. The Hall–Kier alpha value is -1.28. The van der Waals surface area contributed by atoms with E-state index in [1.807, 2.05) is 0 Å². The Labute approximate surface area is 173 Å². The lowest BCUT2D eigenvalue weighted by Crippen LogP contribution is -2.41. The van der Waals surface area contributed by atoms with Crippen LogP contribution in [-0.4, -0.2) is 66.4 Å². The van der Waals surface area contributed by atoms with E-state index in [0.29, 0.717) is 32.4 Å². The van der Waals surface area contributed by atoms with Crippen molar-refractivity contribution in [3.05, 3.63) is 0 Å². The molecule has 3 atom stereocenters. The van der Waals surface area contributed by atoms with Crippen molar-refractivity contribution in [2.24, 2.45) is 11.1 Å². The van der Waals surface area contributed by atoms with Gasteiger partial charge in [0.05, 0.1) is 6.61 Å². The quantitative estimate of drug-likeness (QED) is 0.173. The number of likely N-dealkylation sites (tertiary alicyclic amines) is 1. The van der Waals surface area contributed by atoms with Crippen LogP contribution < -0.4 is 5.73 Å². The van der Waals surface area contributed by atoms with Crippen molar-refractivity contribution in [1.29, 1.82) is 0 Å². The summed E-state index contributed by atoms with van der Waals surface area (Å²) in [6, 6.07) is -0.861. The average Bonchev–Trinajstić information content (AvgIpc) is 3.16. The number of amides is 1. The van der Waals surface area contributed by atoms with Crippen molar-refractivity contribution >= 4 is 26.2 Å². The highest BCUT2D eigenvalue weighted by Crippen LogP contribution is 2.30. The predicted octanol–water partition coefficient (Wildman–Crippen LogP) is 2.03. The largest absolute Gasteiger partial charge is 0.480 e. The van der Waals surface area contributed by atoms with Gasteiger partial charge in [0, 0.05) is 12.0 Å². The first-order valence-electron chi connectivity index (χ1n) is 10.2. The number of aliphatic carboxylic acids is 1. The molecule has 168 valence electrons. The van der Waals surface area contributed by atoms with E-state index in [4.69, 9.17) is 15.0 Å². The third-order valence-electron chi connectivity index (χ3n) is 4.77. The molecule has 0 spiro atoms. The van der Waals surface area contributed by atoms with Crippen molar-refractivity contribution in [2.45, 2.75) is 71.1 Å². The first kappa shape index (κ1) is 25.8. The number of carboxylic acids is 1. The van der Waals surface area contributed by atoms with E-state index in [0.717, 1.165) is 32.0 Å². The molecule has 10 heteroatoms. The Morgan fingerprint density at radius 2 is 2.00 bits per heavy atom. The molecule has 0 aromatic heterocycles. The zero-order valence-corrected chi connectivity index (χ0v) is 18.4. The number of nitrogens with zero attached hydrogens (tertiary/aromatic N) is 1. The topological polar surface area (TPSA) is 136 Å². The van der Waals surface area contributed by atoms with Crippen molar-refractivity contribution < 1.29 is 33.3 Å². The zero-order valence-electron chi connectivity index (χ0n) is 17.4. The number of hydrogen-bond donors (Lipinski definition) is 2. The summed E-state index contributed by atoms with van der Waals surface area (Å²) in [5.41, 5.74) is 4.78. The SMILES string of the molecule is CC(C)(C=O)COC(CCCCCCN)O[PH](=O)CC(=O)N1CCC[C@H]1C(=O)O. The van der Waals surface area contributed by atoms with E-state index in [1.165, 1.54) is 4.90 Å². The zero-order chi connectivity index (χ0) is 21.9. The first-order chi connectivity index (χ1) is 13.7. The molecular weight excluding hydrogens is 399 g/mol. The maximum Gasteiger partial charge on any atom is 0.326 e. The number of nitrogens with two attached hydrogens (primary N) is 1. The summed E-state index contributed by atoms with van der Waals surface area (Å²) in [5.74, 6) is -1.53. The molecule has 1 saturated heterocycles. The second-order valence-electron chi connectivity index (χ2n) is 8.09. The number of aldehydes is 1. The fourth-order valence-corrected chi connectivity index (χ4v) is 4.07. The van der Waals surface area contributed by atoms with Crippen molar-refractivity contribution in [2.75, 3.05) is 25.9 Å². The maximum absolute atomic E-state index is 12.4. The maximum atomic E-state index is 12.4. The number of hydrogen-bond acceptors (Lipinski definition) is 7. The normalized spacial score (nSPS) is 19.1. The van der Waals surface area contributed by atoms with E-state index in [9.17, 15) is 24.1 Å². The number of carboxylic acid groups (broad SMARTS) is 1. The average molecular weight is 434 g/mol. The Bertz CT molecular complexity index is 571. The van der Waals surface area contributed by atoms with Crippen molar-refractivity contribution in [3.63, 3.8) is 0 Å². The van der Waals surface area contributed by atoms with Gasteiger partial charge in [0.25, 0.3) is 0 Å². The summed E-state index contributed by atoms with van der Waals surface area (Å²) in [5, 5.41) is 9.19. The Morgan fingerprint density at radius 3 is 2.62 bits per heavy atom. The van der Waals surface area contributed by atoms with Gasteiger partial charge in [-0.2, -0.15) is 0 Å². The van der Waals surface area contributed by atoms with Gasteiger partial charge in [-0.25, -0.2) is 4.79 Å². The van der Waals surface area contributed by atoms with Gasteiger partial charge < -0.3 is 25.3 Å². The molecule has 0 saturated carbocycles. The summed E-state index contributed by atoms with van der Waals surface area (Å²) in [6.45, 7) is 4.54. The van der Waals surface area contributed by atoms with Crippen molar-refractivity contribution in [1.82, 2.24) is 4.90 Å². The highest BCUT2D eigenvalue weighted by molar-refractivity contribution is 7.40. The molecule has 0 aromatic rings. The molecule has 0 bridgehead atoms. The smallest absolute Gasteiger partial charge is 0.326 e. The summed E-state index contributed by atoms with van der Waals surface area (Å²) in [4.78, 5) is 35.9. The monoisotopic (exact) mass is 434 g/mol. The molecule has 29 heavy (non-hydrogen) atoms. The lowest BCUT2D eigenvalue weighted by atomic mass is 9.98. The second-order valence-corrected chi connectivity index (χ2v) is 9.42.